The van der Waals surface area contributed by atoms with Crippen LogP contribution >= 0.6 is 0 Å². The molecule has 0 radical (unpaired) electrons. The number of likely N-dealkylation sites (tertiary alicyclic amines) is 1. The van der Waals surface area contributed by atoms with E-state index in [0.29, 0.717) is 0 Å². The SMILES string of the molecule is CN1C2CCCC1CN(Cc1ccc(F)cc1)C2. The lowest BCUT2D eigenvalue weighted by Crippen LogP contribution is -2.58. The Balaban J connectivity index is 1.66. The van der Waals surface area contributed by atoms with Crippen molar-refractivity contribution in [2.45, 2.75) is 37.9 Å². The lowest BCUT2D eigenvalue weighted by molar-refractivity contribution is 0.00648. The smallest absolute Gasteiger partial charge is 0.123 e. The first-order chi connectivity index (χ1) is 8.72. The van der Waals surface area contributed by atoms with Gasteiger partial charge < -0.3 is 0 Å². The minimum Gasteiger partial charge on any atom is -0.298 e. The number of piperidine rings is 1. The topological polar surface area (TPSA) is 6.48 Å². The molecule has 0 N–H and O–H groups in total. The molecule has 18 heavy (non-hydrogen) atoms. The van der Waals surface area contributed by atoms with Crippen LogP contribution in [0.15, 0.2) is 24.3 Å². The molecule has 0 saturated carbocycles. The Labute approximate surface area is 108 Å². The summed E-state index contributed by atoms with van der Waals surface area (Å²) in [6.45, 7) is 3.27. The maximum atomic E-state index is 12.9. The third kappa shape index (κ3) is 2.43. The normalized spacial score (nSPS) is 29.4. The van der Waals surface area contributed by atoms with Crippen molar-refractivity contribution in [3.8, 4) is 0 Å². The van der Waals surface area contributed by atoms with Gasteiger partial charge in [-0.1, -0.05) is 18.6 Å². The summed E-state index contributed by atoms with van der Waals surface area (Å²) in [4.78, 5) is 5.09. The van der Waals surface area contributed by atoms with Gasteiger partial charge in [-0.2, -0.15) is 0 Å². The minimum absolute atomic E-state index is 0.144. The van der Waals surface area contributed by atoms with Crippen molar-refractivity contribution in [2.24, 2.45) is 0 Å². The van der Waals surface area contributed by atoms with Crippen LogP contribution in [0.25, 0.3) is 0 Å². The third-order valence-electron chi connectivity index (χ3n) is 4.48. The predicted octanol–water partition coefficient (Wildman–Crippen LogP) is 2.49. The molecule has 98 valence electrons. The highest BCUT2D eigenvalue weighted by Gasteiger charge is 2.34. The van der Waals surface area contributed by atoms with Gasteiger partial charge in [0, 0.05) is 31.7 Å². The van der Waals surface area contributed by atoms with Crippen molar-refractivity contribution in [3.63, 3.8) is 0 Å². The van der Waals surface area contributed by atoms with Crippen LogP contribution in [0.3, 0.4) is 0 Å². The van der Waals surface area contributed by atoms with Crippen LogP contribution in [0.1, 0.15) is 24.8 Å². The molecule has 3 heteroatoms. The molecule has 2 aliphatic rings. The summed E-state index contributed by atoms with van der Waals surface area (Å²) in [5.41, 5.74) is 1.22. The molecule has 3 rings (SSSR count). The van der Waals surface area contributed by atoms with Gasteiger partial charge >= 0.3 is 0 Å². The van der Waals surface area contributed by atoms with Crippen molar-refractivity contribution in [1.29, 1.82) is 0 Å². The summed E-state index contributed by atoms with van der Waals surface area (Å²) in [6, 6.07) is 8.38. The highest BCUT2D eigenvalue weighted by Crippen LogP contribution is 2.27. The number of halogens is 1. The quantitative estimate of drug-likeness (QED) is 0.793. The molecule has 0 amide bonds. The highest BCUT2D eigenvalue weighted by molar-refractivity contribution is 5.16. The van der Waals surface area contributed by atoms with Crippen LogP contribution in [-0.2, 0) is 6.54 Å². The van der Waals surface area contributed by atoms with E-state index in [4.69, 9.17) is 0 Å². The van der Waals surface area contributed by atoms with E-state index in [9.17, 15) is 4.39 Å². The molecule has 0 spiro atoms. The Morgan fingerprint density at radius 2 is 1.72 bits per heavy atom. The fourth-order valence-corrected chi connectivity index (χ4v) is 3.38. The second-order valence-electron chi connectivity index (χ2n) is 5.72. The summed E-state index contributed by atoms with van der Waals surface area (Å²) in [6.07, 6.45) is 4.03. The Hall–Kier alpha value is -0.930. The van der Waals surface area contributed by atoms with Crippen LogP contribution in [0.5, 0.6) is 0 Å². The highest BCUT2D eigenvalue weighted by atomic mass is 19.1. The lowest BCUT2D eigenvalue weighted by Gasteiger charge is -2.48. The predicted molar refractivity (Wildman–Crippen MR) is 70.9 cm³/mol. The van der Waals surface area contributed by atoms with Crippen LogP contribution in [0, 0.1) is 5.82 Å². The lowest BCUT2D eigenvalue weighted by atomic mass is 9.92. The first-order valence-corrected chi connectivity index (χ1v) is 6.91. The van der Waals surface area contributed by atoms with Crippen molar-refractivity contribution >= 4 is 0 Å². The number of rotatable bonds is 2. The van der Waals surface area contributed by atoms with Gasteiger partial charge in [0.15, 0.2) is 0 Å². The largest absolute Gasteiger partial charge is 0.298 e. The van der Waals surface area contributed by atoms with Gasteiger partial charge in [-0.3, -0.25) is 9.80 Å². The number of hydrogen-bond acceptors (Lipinski definition) is 2. The molecule has 1 aromatic rings. The molecule has 1 aromatic carbocycles. The van der Waals surface area contributed by atoms with E-state index in [-0.39, 0.29) is 5.82 Å². The van der Waals surface area contributed by atoms with E-state index in [1.165, 1.54) is 24.8 Å². The first kappa shape index (κ1) is 12.1. The molecule has 2 aliphatic heterocycles. The summed E-state index contributed by atoms with van der Waals surface area (Å²) < 4.78 is 12.9. The van der Waals surface area contributed by atoms with E-state index in [1.807, 2.05) is 12.1 Å². The van der Waals surface area contributed by atoms with Gasteiger partial charge in [0.1, 0.15) is 5.82 Å². The average Bonchev–Trinajstić information content (AvgIpc) is 2.33. The van der Waals surface area contributed by atoms with Crippen LogP contribution in [0.4, 0.5) is 4.39 Å². The zero-order valence-electron chi connectivity index (χ0n) is 11.0. The number of benzene rings is 1. The maximum Gasteiger partial charge on any atom is 0.123 e. The van der Waals surface area contributed by atoms with Gasteiger partial charge in [-0.25, -0.2) is 4.39 Å². The van der Waals surface area contributed by atoms with Gasteiger partial charge in [-0.15, -0.1) is 0 Å². The zero-order valence-corrected chi connectivity index (χ0v) is 11.0. The molecule has 2 fully saturated rings. The van der Waals surface area contributed by atoms with Crippen molar-refractivity contribution < 1.29 is 4.39 Å². The molecule has 2 atom stereocenters. The van der Waals surface area contributed by atoms with Gasteiger partial charge in [0.25, 0.3) is 0 Å². The molecule has 2 heterocycles. The molecular weight excluding hydrogens is 227 g/mol. The van der Waals surface area contributed by atoms with E-state index in [1.54, 1.807) is 12.1 Å². The Morgan fingerprint density at radius 1 is 1.11 bits per heavy atom. The molecular formula is C15H21FN2. The Bertz CT molecular complexity index is 389. The van der Waals surface area contributed by atoms with E-state index >= 15 is 0 Å². The number of likely N-dealkylation sites (N-methyl/N-ethyl adjacent to an activating group) is 1. The van der Waals surface area contributed by atoms with Gasteiger partial charge in [-0.05, 0) is 37.6 Å². The molecule has 2 bridgehead atoms. The number of fused-ring (bicyclic) bond motifs is 2. The first-order valence-electron chi connectivity index (χ1n) is 6.91. The summed E-state index contributed by atoms with van der Waals surface area (Å²) >= 11 is 0. The Kier molecular flexibility index (Phi) is 3.35. The van der Waals surface area contributed by atoms with Crippen LogP contribution < -0.4 is 0 Å². The summed E-state index contributed by atoms with van der Waals surface area (Å²) in [5.74, 6) is -0.144. The minimum atomic E-state index is -0.144. The fourth-order valence-electron chi connectivity index (χ4n) is 3.38. The summed E-state index contributed by atoms with van der Waals surface area (Å²) in [7, 11) is 2.27. The number of nitrogens with zero attached hydrogens (tertiary/aromatic N) is 2. The van der Waals surface area contributed by atoms with Crippen molar-refractivity contribution in [1.82, 2.24) is 9.80 Å². The Morgan fingerprint density at radius 3 is 2.33 bits per heavy atom. The third-order valence-corrected chi connectivity index (χ3v) is 4.48. The fraction of sp³-hybridized carbons (Fsp3) is 0.600. The second-order valence-corrected chi connectivity index (χ2v) is 5.72. The number of hydrogen-bond donors (Lipinski definition) is 0. The van der Waals surface area contributed by atoms with E-state index < -0.39 is 0 Å². The molecule has 2 saturated heterocycles. The molecule has 0 aromatic heterocycles. The number of piperazine rings is 1. The maximum absolute atomic E-state index is 12.9. The zero-order chi connectivity index (χ0) is 12.5. The van der Waals surface area contributed by atoms with Crippen LogP contribution in [-0.4, -0.2) is 42.0 Å². The molecule has 2 nitrogen and oxygen atoms in total. The van der Waals surface area contributed by atoms with E-state index in [0.717, 1.165) is 31.7 Å². The molecule has 0 aliphatic carbocycles. The summed E-state index contributed by atoms with van der Waals surface area (Å²) in [5, 5.41) is 0. The van der Waals surface area contributed by atoms with Gasteiger partial charge in [0.05, 0.1) is 0 Å². The van der Waals surface area contributed by atoms with Crippen molar-refractivity contribution in [3.05, 3.63) is 35.6 Å². The van der Waals surface area contributed by atoms with Crippen LogP contribution in [0.2, 0.25) is 0 Å². The molecule has 2 unspecified atom stereocenters. The van der Waals surface area contributed by atoms with Crippen molar-refractivity contribution in [2.75, 3.05) is 20.1 Å². The van der Waals surface area contributed by atoms with E-state index in [2.05, 4.69) is 16.8 Å². The standard InChI is InChI=1S/C15H21FN2/c1-17-14-3-2-4-15(17)11-18(10-14)9-12-5-7-13(16)8-6-12/h5-8,14-15H,2-4,9-11H2,1H3. The average molecular weight is 248 g/mol. The van der Waals surface area contributed by atoms with Gasteiger partial charge in [0.2, 0.25) is 0 Å². The second kappa shape index (κ2) is 4.98. The monoisotopic (exact) mass is 248 g/mol.